The van der Waals surface area contributed by atoms with Crippen LogP contribution >= 0.6 is 15.9 Å². The Morgan fingerprint density at radius 2 is 1.76 bits per heavy atom. The van der Waals surface area contributed by atoms with Crippen LogP contribution in [-0.2, 0) is 10.0 Å². The van der Waals surface area contributed by atoms with Crippen molar-refractivity contribution in [2.75, 3.05) is 0 Å². The molecule has 2 atom stereocenters. The first-order valence-electron chi connectivity index (χ1n) is 9.98. The third-order valence-electron chi connectivity index (χ3n) is 6.13. The summed E-state index contributed by atoms with van der Waals surface area (Å²) in [5, 5.41) is 6.94. The van der Waals surface area contributed by atoms with Gasteiger partial charge in [0.2, 0.25) is 10.0 Å². The summed E-state index contributed by atoms with van der Waals surface area (Å²) < 4.78 is 34.1. The minimum atomic E-state index is -3.55. The van der Waals surface area contributed by atoms with Crippen LogP contribution in [0.2, 0.25) is 0 Å². The molecule has 1 aliphatic carbocycles. The van der Waals surface area contributed by atoms with Crippen molar-refractivity contribution < 1.29 is 17.7 Å². The van der Waals surface area contributed by atoms with E-state index >= 15 is 0 Å². The van der Waals surface area contributed by atoms with Crippen molar-refractivity contribution in [3.8, 4) is 0 Å². The Hall–Kier alpha value is -1.71. The third kappa shape index (κ3) is 3.64. The van der Waals surface area contributed by atoms with Gasteiger partial charge in [-0.1, -0.05) is 21.1 Å². The van der Waals surface area contributed by atoms with Crippen LogP contribution in [0, 0.1) is 0 Å². The highest BCUT2D eigenvalue weighted by Crippen LogP contribution is 2.41. The van der Waals surface area contributed by atoms with Gasteiger partial charge in [-0.05, 0) is 62.8 Å². The molecule has 0 spiro atoms. The van der Waals surface area contributed by atoms with Crippen LogP contribution < -0.4 is 5.32 Å². The summed E-state index contributed by atoms with van der Waals surface area (Å²) >= 11 is 3.35. The molecule has 2 aliphatic heterocycles. The molecule has 2 unspecified atom stereocenters. The number of sulfonamides is 1. The van der Waals surface area contributed by atoms with Gasteiger partial charge in [-0.3, -0.25) is 4.79 Å². The number of piperidine rings is 1. The van der Waals surface area contributed by atoms with Crippen LogP contribution in [0.5, 0.6) is 0 Å². The monoisotopic (exact) mass is 479 g/mol. The van der Waals surface area contributed by atoms with Gasteiger partial charge in [0, 0.05) is 34.6 Å². The topological polar surface area (TPSA) is 92.5 Å². The molecule has 3 fully saturated rings. The maximum atomic E-state index is 13.2. The number of nitrogens with zero attached hydrogens (tertiary/aromatic N) is 2. The maximum Gasteiger partial charge on any atom is 0.273 e. The fourth-order valence-electron chi connectivity index (χ4n) is 4.59. The van der Waals surface area contributed by atoms with E-state index in [4.69, 9.17) is 4.52 Å². The van der Waals surface area contributed by atoms with Gasteiger partial charge in [0.25, 0.3) is 5.91 Å². The average molecular weight is 480 g/mol. The first kappa shape index (κ1) is 19.3. The van der Waals surface area contributed by atoms with Gasteiger partial charge in [-0.15, -0.1) is 0 Å². The van der Waals surface area contributed by atoms with Crippen molar-refractivity contribution in [2.24, 2.45) is 0 Å². The van der Waals surface area contributed by atoms with E-state index < -0.39 is 10.0 Å². The molecule has 154 valence electrons. The molecule has 5 rings (SSSR count). The summed E-state index contributed by atoms with van der Waals surface area (Å²) in [6.45, 7) is 0. The maximum absolute atomic E-state index is 13.2. The van der Waals surface area contributed by atoms with Crippen molar-refractivity contribution in [1.29, 1.82) is 0 Å². The molecular formula is C20H22BrN3O4S. The van der Waals surface area contributed by atoms with Crippen molar-refractivity contribution in [1.82, 2.24) is 14.8 Å². The Morgan fingerprint density at radius 1 is 1.10 bits per heavy atom. The molecule has 2 bridgehead atoms. The van der Waals surface area contributed by atoms with E-state index in [0.29, 0.717) is 29.3 Å². The number of aromatic nitrogens is 1. The predicted octanol–water partition coefficient (Wildman–Crippen LogP) is 3.43. The molecule has 1 amide bonds. The third-order valence-corrected chi connectivity index (χ3v) is 8.68. The van der Waals surface area contributed by atoms with E-state index in [1.807, 2.05) is 0 Å². The highest BCUT2D eigenvalue weighted by atomic mass is 79.9. The van der Waals surface area contributed by atoms with Gasteiger partial charge in [0.15, 0.2) is 5.69 Å². The summed E-state index contributed by atoms with van der Waals surface area (Å²) in [5.41, 5.74) is 0.309. The number of halogens is 1. The Bertz CT molecular complexity index is 1020. The van der Waals surface area contributed by atoms with Gasteiger partial charge >= 0.3 is 0 Å². The van der Waals surface area contributed by atoms with Crippen LogP contribution in [0.25, 0.3) is 0 Å². The summed E-state index contributed by atoms with van der Waals surface area (Å²) in [6, 6.07) is 8.25. The molecule has 3 aliphatic rings. The van der Waals surface area contributed by atoms with E-state index in [9.17, 15) is 13.2 Å². The zero-order chi connectivity index (χ0) is 20.2. The summed E-state index contributed by atoms with van der Waals surface area (Å²) in [6.07, 6.45) is 5.05. The van der Waals surface area contributed by atoms with Crippen molar-refractivity contribution in [3.63, 3.8) is 0 Å². The molecule has 29 heavy (non-hydrogen) atoms. The van der Waals surface area contributed by atoms with Gasteiger partial charge in [-0.2, -0.15) is 4.31 Å². The molecule has 1 N–H and O–H groups in total. The van der Waals surface area contributed by atoms with Crippen molar-refractivity contribution in [3.05, 3.63) is 46.3 Å². The average Bonchev–Trinajstić information content (AvgIpc) is 3.34. The van der Waals surface area contributed by atoms with Crippen LogP contribution in [0.3, 0.4) is 0 Å². The van der Waals surface area contributed by atoms with Crippen LogP contribution in [0.15, 0.2) is 44.2 Å². The molecule has 1 aromatic heterocycles. The Balaban J connectivity index is 1.28. The highest BCUT2D eigenvalue weighted by molar-refractivity contribution is 9.10. The second-order valence-electron chi connectivity index (χ2n) is 8.20. The normalized spacial score (nSPS) is 27.1. The van der Waals surface area contributed by atoms with E-state index in [1.54, 1.807) is 34.6 Å². The lowest BCUT2D eigenvalue weighted by Crippen LogP contribution is -2.52. The minimum Gasteiger partial charge on any atom is -0.360 e. The number of fused-ring (bicyclic) bond motifs is 2. The first-order chi connectivity index (χ1) is 13.9. The molecule has 3 heterocycles. The molecule has 0 radical (unpaired) electrons. The molecule has 2 saturated heterocycles. The molecule has 7 nitrogen and oxygen atoms in total. The molecule has 9 heteroatoms. The minimum absolute atomic E-state index is 0.0579. The number of nitrogens with one attached hydrogen (secondary N) is 1. The van der Waals surface area contributed by atoms with Crippen LogP contribution in [0.4, 0.5) is 0 Å². The SMILES string of the molecule is O=C(NC1CC2CCC(C1)N2S(=O)(=O)c1ccc(Br)cc1)c1cc(C2CC2)on1. The summed E-state index contributed by atoms with van der Waals surface area (Å²) in [7, 11) is -3.55. The second-order valence-corrected chi connectivity index (χ2v) is 11.0. The first-order valence-corrected chi connectivity index (χ1v) is 12.2. The molecule has 2 aromatic rings. The summed E-state index contributed by atoms with van der Waals surface area (Å²) in [5.74, 6) is 0.951. The van der Waals surface area contributed by atoms with Gasteiger partial charge in [-0.25, -0.2) is 8.42 Å². The van der Waals surface area contributed by atoms with Crippen LogP contribution in [0.1, 0.15) is 60.7 Å². The predicted molar refractivity (Wildman–Crippen MR) is 109 cm³/mol. The number of carbonyl (C=O) groups is 1. The van der Waals surface area contributed by atoms with Gasteiger partial charge in [0.1, 0.15) is 5.76 Å². The largest absolute Gasteiger partial charge is 0.360 e. The number of hydrogen-bond acceptors (Lipinski definition) is 5. The second kappa shape index (κ2) is 7.21. The Labute approximate surface area is 178 Å². The smallest absolute Gasteiger partial charge is 0.273 e. The Kier molecular flexibility index (Phi) is 4.79. The van der Waals surface area contributed by atoms with E-state index in [-0.39, 0.29) is 24.0 Å². The molecule has 1 saturated carbocycles. The lowest BCUT2D eigenvalue weighted by Gasteiger charge is -2.38. The number of benzene rings is 1. The highest BCUT2D eigenvalue weighted by Gasteiger charge is 2.47. The quantitative estimate of drug-likeness (QED) is 0.708. The van der Waals surface area contributed by atoms with Crippen molar-refractivity contribution >= 4 is 31.9 Å². The van der Waals surface area contributed by atoms with E-state index in [2.05, 4.69) is 26.4 Å². The van der Waals surface area contributed by atoms with E-state index in [1.165, 1.54) is 0 Å². The zero-order valence-corrected chi connectivity index (χ0v) is 18.2. The lowest BCUT2D eigenvalue weighted by atomic mass is 9.99. The van der Waals surface area contributed by atoms with Crippen LogP contribution in [-0.4, -0.2) is 41.9 Å². The fourth-order valence-corrected chi connectivity index (χ4v) is 6.74. The lowest BCUT2D eigenvalue weighted by molar-refractivity contribution is 0.0900. The van der Waals surface area contributed by atoms with E-state index in [0.717, 1.165) is 35.9 Å². The molecular weight excluding hydrogens is 458 g/mol. The number of amides is 1. The van der Waals surface area contributed by atoms with Gasteiger partial charge in [0.05, 0.1) is 4.90 Å². The zero-order valence-electron chi connectivity index (χ0n) is 15.8. The van der Waals surface area contributed by atoms with Crippen molar-refractivity contribution in [2.45, 2.75) is 67.5 Å². The number of hydrogen-bond donors (Lipinski definition) is 1. The summed E-state index contributed by atoms with van der Waals surface area (Å²) in [4.78, 5) is 12.9. The van der Waals surface area contributed by atoms with Gasteiger partial charge < -0.3 is 9.84 Å². The number of rotatable bonds is 5. The number of carbonyl (C=O) groups excluding carboxylic acids is 1. The standard InChI is InChI=1S/C20H22BrN3O4S/c21-13-3-7-17(8-4-13)29(26,27)24-15-5-6-16(24)10-14(9-15)22-20(25)18-11-19(28-23-18)12-1-2-12/h3-4,7-8,11-12,14-16H,1-2,5-6,9-10H2,(H,22,25). The molecule has 1 aromatic carbocycles. The fraction of sp³-hybridized carbons (Fsp3) is 0.500. The Morgan fingerprint density at radius 3 is 2.38 bits per heavy atom.